The summed E-state index contributed by atoms with van der Waals surface area (Å²) in [6.07, 6.45) is 1.68. The first-order chi connectivity index (χ1) is 17.6. The number of nitrogens with zero attached hydrogens (tertiary/aromatic N) is 3. The van der Waals surface area contributed by atoms with Crippen molar-refractivity contribution in [2.75, 3.05) is 38.2 Å². The molecule has 2 fully saturated rings. The minimum atomic E-state index is -0.869. The Morgan fingerprint density at radius 2 is 1.78 bits per heavy atom. The monoisotopic (exact) mass is 525 g/mol. The Labute approximate surface area is 220 Å². The Balaban J connectivity index is 1.54. The Hall–Kier alpha value is -3.12. The first-order valence-electron chi connectivity index (χ1n) is 12.8. The summed E-state index contributed by atoms with van der Waals surface area (Å²) in [4.78, 5) is 44.0. The molecule has 0 bridgehead atoms. The molecule has 198 valence electrons. The van der Waals surface area contributed by atoms with Crippen molar-refractivity contribution in [1.82, 2.24) is 9.80 Å². The van der Waals surface area contributed by atoms with E-state index in [9.17, 15) is 19.5 Å². The van der Waals surface area contributed by atoms with E-state index < -0.39 is 11.5 Å². The van der Waals surface area contributed by atoms with Gasteiger partial charge in [0.1, 0.15) is 11.3 Å². The van der Waals surface area contributed by atoms with Gasteiger partial charge in [0.2, 0.25) is 0 Å². The van der Waals surface area contributed by atoms with Gasteiger partial charge in [-0.05, 0) is 65.9 Å². The number of hydrogen-bond donors (Lipinski definition) is 1. The quantitative estimate of drug-likeness (QED) is 0.399. The largest absolute Gasteiger partial charge is 0.497 e. The molecule has 3 amide bonds. The third-order valence-electron chi connectivity index (χ3n) is 7.38. The minimum absolute atomic E-state index is 0.0409. The number of piperidine rings is 1. The molecule has 0 aliphatic carbocycles. The number of ether oxygens (including phenoxy) is 1. The zero-order valence-electron chi connectivity index (χ0n) is 21.8. The molecular formula is C28H36N3O5P. The molecule has 2 saturated heterocycles. The summed E-state index contributed by atoms with van der Waals surface area (Å²) >= 11 is 0. The first-order valence-corrected chi connectivity index (χ1v) is 13.3. The summed E-state index contributed by atoms with van der Waals surface area (Å²) in [5.74, 6) is 0.00714. The second-order valence-electron chi connectivity index (χ2n) is 10.3. The SMILES string of the molecule is COc1ccc(CCN2C(=O)N(CC(C)C)C(=O)C23CCN(c2ccc(P)c(CC(=O)O)c2)CC3)cc1. The third kappa shape index (κ3) is 5.59. The molecule has 2 aliphatic rings. The lowest BCUT2D eigenvalue weighted by molar-refractivity contribution is -0.136. The number of aliphatic carboxylic acids is 1. The number of carbonyl (C=O) groups is 3. The van der Waals surface area contributed by atoms with Gasteiger partial charge in [0, 0.05) is 31.9 Å². The Morgan fingerprint density at radius 1 is 1.11 bits per heavy atom. The third-order valence-corrected chi connectivity index (χ3v) is 7.94. The topological polar surface area (TPSA) is 90.4 Å². The average Bonchev–Trinajstić information content (AvgIpc) is 3.05. The fourth-order valence-corrected chi connectivity index (χ4v) is 5.66. The standard InChI is InChI=1S/C28H36N3O5P/c1-19(2)18-30-26(34)28(31(27(30)35)13-10-20-4-7-23(36-3)8-5-20)11-14-29(15-12-28)22-6-9-24(37)21(16-22)17-25(32)33/h4-9,16,19H,10-15,17-18,37H2,1-3H3,(H,32,33). The van der Waals surface area contributed by atoms with Crippen LogP contribution in [0.25, 0.3) is 0 Å². The zero-order valence-corrected chi connectivity index (χ0v) is 22.9. The summed E-state index contributed by atoms with van der Waals surface area (Å²) in [5, 5.41) is 10.1. The van der Waals surface area contributed by atoms with Gasteiger partial charge in [0.05, 0.1) is 13.5 Å². The molecule has 9 heteroatoms. The van der Waals surface area contributed by atoms with Gasteiger partial charge >= 0.3 is 12.0 Å². The molecule has 0 aromatic heterocycles. The number of methoxy groups -OCH3 is 1. The lowest BCUT2D eigenvalue weighted by atomic mass is 9.85. The Bertz CT molecular complexity index is 1160. The van der Waals surface area contributed by atoms with Gasteiger partial charge in [-0.1, -0.05) is 32.0 Å². The summed E-state index contributed by atoms with van der Waals surface area (Å²) < 4.78 is 5.25. The van der Waals surface area contributed by atoms with Crippen LogP contribution in [-0.4, -0.2) is 71.6 Å². The highest BCUT2D eigenvalue weighted by molar-refractivity contribution is 7.27. The van der Waals surface area contributed by atoms with Crippen LogP contribution in [0.2, 0.25) is 0 Å². The van der Waals surface area contributed by atoms with E-state index in [1.807, 2.05) is 56.3 Å². The van der Waals surface area contributed by atoms with Crippen molar-refractivity contribution in [3.05, 3.63) is 53.6 Å². The second kappa shape index (κ2) is 11.1. The number of hydrogen-bond acceptors (Lipinski definition) is 5. The molecule has 2 heterocycles. The van der Waals surface area contributed by atoms with Crippen LogP contribution in [0.5, 0.6) is 5.75 Å². The number of imide groups is 1. The molecular weight excluding hydrogens is 489 g/mol. The lowest BCUT2D eigenvalue weighted by Gasteiger charge is -2.43. The predicted molar refractivity (Wildman–Crippen MR) is 147 cm³/mol. The molecule has 8 nitrogen and oxygen atoms in total. The summed E-state index contributed by atoms with van der Waals surface area (Å²) in [7, 11) is 4.22. The van der Waals surface area contributed by atoms with Crippen molar-refractivity contribution in [1.29, 1.82) is 0 Å². The van der Waals surface area contributed by atoms with Crippen LogP contribution in [0.4, 0.5) is 10.5 Å². The molecule has 1 unspecified atom stereocenters. The van der Waals surface area contributed by atoms with Crippen LogP contribution in [0, 0.1) is 5.92 Å². The Morgan fingerprint density at radius 3 is 2.38 bits per heavy atom. The van der Waals surface area contributed by atoms with Crippen LogP contribution in [0.15, 0.2) is 42.5 Å². The average molecular weight is 526 g/mol. The molecule has 0 saturated carbocycles. The van der Waals surface area contributed by atoms with Gasteiger partial charge in [0.25, 0.3) is 5.91 Å². The van der Waals surface area contributed by atoms with E-state index in [2.05, 4.69) is 14.1 Å². The van der Waals surface area contributed by atoms with E-state index in [0.717, 1.165) is 27.9 Å². The molecule has 2 aliphatic heterocycles. The van der Waals surface area contributed by atoms with Gasteiger partial charge in [-0.25, -0.2) is 4.79 Å². The highest BCUT2D eigenvalue weighted by Gasteiger charge is 2.57. The van der Waals surface area contributed by atoms with E-state index in [-0.39, 0.29) is 24.3 Å². The van der Waals surface area contributed by atoms with Crippen molar-refractivity contribution in [3.8, 4) is 5.75 Å². The van der Waals surface area contributed by atoms with E-state index in [1.54, 1.807) is 12.0 Å². The van der Waals surface area contributed by atoms with Crippen molar-refractivity contribution >= 4 is 38.1 Å². The number of urea groups is 1. The first kappa shape index (κ1) is 26.9. The van der Waals surface area contributed by atoms with Gasteiger partial charge in [-0.3, -0.25) is 14.5 Å². The predicted octanol–water partition coefficient (Wildman–Crippen LogP) is 3.32. The molecule has 37 heavy (non-hydrogen) atoms. The van der Waals surface area contributed by atoms with Crippen molar-refractivity contribution in [2.45, 2.75) is 45.1 Å². The lowest BCUT2D eigenvalue weighted by Crippen LogP contribution is -2.57. The maximum absolute atomic E-state index is 13.8. The van der Waals surface area contributed by atoms with Gasteiger partial charge in [0.15, 0.2) is 0 Å². The van der Waals surface area contributed by atoms with Crippen molar-refractivity contribution < 1.29 is 24.2 Å². The minimum Gasteiger partial charge on any atom is -0.497 e. The van der Waals surface area contributed by atoms with Gasteiger partial charge < -0.3 is 19.6 Å². The molecule has 2 aromatic carbocycles. The number of amides is 3. The molecule has 2 aromatic rings. The fourth-order valence-electron chi connectivity index (χ4n) is 5.37. The van der Waals surface area contributed by atoms with E-state index in [0.29, 0.717) is 45.4 Å². The molecule has 4 rings (SSSR count). The summed E-state index contributed by atoms with van der Waals surface area (Å²) in [5.41, 5.74) is 1.93. The fraction of sp³-hybridized carbons (Fsp3) is 0.464. The number of carboxylic acid groups (broad SMARTS) is 1. The van der Waals surface area contributed by atoms with Crippen LogP contribution < -0.4 is 14.9 Å². The number of rotatable bonds is 9. The van der Waals surface area contributed by atoms with Crippen LogP contribution in [0.3, 0.4) is 0 Å². The van der Waals surface area contributed by atoms with Gasteiger partial charge in [-0.2, -0.15) is 0 Å². The van der Waals surface area contributed by atoms with Gasteiger partial charge in [-0.15, -0.1) is 9.24 Å². The van der Waals surface area contributed by atoms with Crippen LogP contribution in [0.1, 0.15) is 37.8 Å². The number of carbonyl (C=O) groups excluding carboxylic acids is 2. The van der Waals surface area contributed by atoms with Crippen LogP contribution in [-0.2, 0) is 22.4 Å². The summed E-state index contributed by atoms with van der Waals surface area (Å²) in [6, 6.07) is 13.4. The van der Waals surface area contributed by atoms with E-state index in [1.165, 1.54) is 4.90 Å². The normalized spacial score (nSPS) is 17.3. The van der Waals surface area contributed by atoms with E-state index in [4.69, 9.17) is 4.74 Å². The van der Waals surface area contributed by atoms with Crippen molar-refractivity contribution in [2.24, 2.45) is 5.92 Å². The Kier molecular flexibility index (Phi) is 8.08. The molecule has 1 N–H and O–H groups in total. The zero-order chi connectivity index (χ0) is 26.7. The number of anilines is 1. The maximum atomic E-state index is 13.8. The maximum Gasteiger partial charge on any atom is 0.327 e. The number of benzene rings is 2. The number of carboxylic acids is 1. The van der Waals surface area contributed by atoms with E-state index >= 15 is 0 Å². The summed E-state index contributed by atoms with van der Waals surface area (Å²) in [6.45, 7) is 6.12. The van der Waals surface area contributed by atoms with Crippen LogP contribution >= 0.6 is 9.24 Å². The smallest absolute Gasteiger partial charge is 0.327 e. The molecule has 0 radical (unpaired) electrons. The molecule has 1 spiro atoms. The second-order valence-corrected chi connectivity index (χ2v) is 10.9. The molecule has 1 atom stereocenters. The van der Waals surface area contributed by atoms with Crippen molar-refractivity contribution in [3.63, 3.8) is 0 Å². The highest BCUT2D eigenvalue weighted by Crippen LogP contribution is 2.39. The highest BCUT2D eigenvalue weighted by atomic mass is 31.0.